The summed E-state index contributed by atoms with van der Waals surface area (Å²) < 4.78 is 3.65. The molecule has 7 nitrogen and oxygen atoms in total. The van der Waals surface area contributed by atoms with Gasteiger partial charge in [0.05, 0.1) is 0 Å². The summed E-state index contributed by atoms with van der Waals surface area (Å²) in [6.07, 6.45) is -1.15. The van der Waals surface area contributed by atoms with Crippen LogP contribution in [0.25, 0.3) is 0 Å². The largest absolute Gasteiger partial charge is 0.444 e. The number of hydrogen-bond donors (Lipinski definition) is 4. The molecule has 1 aromatic carbocycles. The highest BCUT2D eigenvalue weighted by atomic mass is 79.9. The van der Waals surface area contributed by atoms with E-state index in [1.165, 1.54) is 13.0 Å². The zero-order valence-electron chi connectivity index (χ0n) is 14.2. The molecular formula is C16H14BrCl3N4O3S. The second-order valence-corrected chi connectivity index (χ2v) is 8.97. The van der Waals surface area contributed by atoms with Gasteiger partial charge >= 0.3 is 0 Å². The van der Waals surface area contributed by atoms with Crippen LogP contribution in [-0.4, -0.2) is 26.9 Å². The summed E-state index contributed by atoms with van der Waals surface area (Å²) in [5.41, 5.74) is 1.25. The smallest absolute Gasteiger partial charge is 0.288 e. The van der Waals surface area contributed by atoms with Crippen LogP contribution in [-0.2, 0) is 4.79 Å². The number of hydrogen-bond acceptors (Lipinski definition) is 4. The highest BCUT2D eigenvalue weighted by Crippen LogP contribution is 2.29. The Labute approximate surface area is 189 Å². The van der Waals surface area contributed by atoms with Crippen LogP contribution in [0.2, 0.25) is 0 Å². The van der Waals surface area contributed by atoms with Crippen LogP contribution in [0.5, 0.6) is 0 Å². The van der Waals surface area contributed by atoms with E-state index < -0.39 is 15.9 Å². The predicted molar refractivity (Wildman–Crippen MR) is 118 cm³/mol. The SMILES string of the molecule is CC(=O)Nc1ccc(NC(=S)N[C@@H](NC(=O)c2ccc(Br)o2)C(Cl)(Cl)Cl)cc1. The van der Waals surface area contributed by atoms with Gasteiger partial charge in [-0.05, 0) is 64.5 Å². The Morgan fingerprint density at radius 1 is 1.04 bits per heavy atom. The molecule has 0 aliphatic carbocycles. The molecular weight excluding hydrogens is 515 g/mol. The summed E-state index contributed by atoms with van der Waals surface area (Å²) >= 11 is 26.1. The number of alkyl halides is 3. The molecule has 0 spiro atoms. The van der Waals surface area contributed by atoms with Crippen LogP contribution >= 0.6 is 63.0 Å². The van der Waals surface area contributed by atoms with Gasteiger partial charge in [0.2, 0.25) is 9.70 Å². The van der Waals surface area contributed by atoms with Gasteiger partial charge in [-0.25, -0.2) is 0 Å². The first-order chi connectivity index (χ1) is 13.0. The third kappa shape index (κ3) is 7.14. The van der Waals surface area contributed by atoms with Gasteiger partial charge in [0.1, 0.15) is 6.17 Å². The lowest BCUT2D eigenvalue weighted by atomic mass is 10.3. The number of anilines is 2. The van der Waals surface area contributed by atoms with Crippen molar-refractivity contribution >= 4 is 91.3 Å². The fourth-order valence-electron chi connectivity index (χ4n) is 1.98. The number of furan rings is 1. The van der Waals surface area contributed by atoms with Crippen molar-refractivity contribution in [3.05, 3.63) is 46.8 Å². The molecule has 1 aromatic heterocycles. The number of thiocarbonyl (C=S) groups is 1. The molecule has 150 valence electrons. The summed E-state index contributed by atoms with van der Waals surface area (Å²) in [6.45, 7) is 1.41. The Balaban J connectivity index is 2.00. The first kappa shape index (κ1) is 22.8. The van der Waals surface area contributed by atoms with Crippen LogP contribution in [0.1, 0.15) is 17.5 Å². The number of carbonyl (C=O) groups excluding carboxylic acids is 2. The highest BCUT2D eigenvalue weighted by molar-refractivity contribution is 9.10. The zero-order valence-corrected chi connectivity index (χ0v) is 18.9. The molecule has 28 heavy (non-hydrogen) atoms. The lowest BCUT2D eigenvalue weighted by Gasteiger charge is -2.27. The number of benzene rings is 1. The van der Waals surface area contributed by atoms with Crippen molar-refractivity contribution in [3.63, 3.8) is 0 Å². The molecule has 0 saturated carbocycles. The summed E-state index contributed by atoms with van der Waals surface area (Å²) in [5, 5.41) is 10.9. The van der Waals surface area contributed by atoms with Crippen molar-refractivity contribution in [2.24, 2.45) is 0 Å². The normalized spacial score (nSPS) is 12.0. The van der Waals surface area contributed by atoms with E-state index in [0.717, 1.165) is 0 Å². The van der Waals surface area contributed by atoms with Crippen molar-refractivity contribution in [1.82, 2.24) is 10.6 Å². The second kappa shape index (κ2) is 9.80. The van der Waals surface area contributed by atoms with Crippen molar-refractivity contribution < 1.29 is 14.0 Å². The highest BCUT2D eigenvalue weighted by Gasteiger charge is 2.35. The molecule has 2 amide bonds. The summed E-state index contributed by atoms with van der Waals surface area (Å²) in [7, 11) is 0. The Morgan fingerprint density at radius 2 is 1.61 bits per heavy atom. The summed E-state index contributed by atoms with van der Waals surface area (Å²) in [6, 6.07) is 9.79. The van der Waals surface area contributed by atoms with Crippen LogP contribution in [0.3, 0.4) is 0 Å². The average Bonchev–Trinajstić information content (AvgIpc) is 3.01. The standard InChI is InChI=1S/C16H14BrCl3N4O3S/c1-8(25)21-9-2-4-10(5-3-9)22-15(28)24-14(16(18,19)20)23-13(26)11-6-7-12(17)27-11/h2-7,14H,1H3,(H,21,25)(H,23,26)(H2,22,24,28)/t14-/m1/s1. The molecule has 0 bridgehead atoms. The molecule has 12 heteroatoms. The Bertz CT molecular complexity index is 871. The van der Waals surface area contributed by atoms with Crippen LogP contribution in [0.4, 0.5) is 11.4 Å². The van der Waals surface area contributed by atoms with E-state index >= 15 is 0 Å². The molecule has 4 N–H and O–H groups in total. The van der Waals surface area contributed by atoms with Gasteiger partial charge in [0, 0.05) is 18.3 Å². The van der Waals surface area contributed by atoms with Gasteiger partial charge in [0.25, 0.3) is 5.91 Å². The topological polar surface area (TPSA) is 95.4 Å². The van der Waals surface area contributed by atoms with Gasteiger partial charge in [-0.1, -0.05) is 34.8 Å². The summed E-state index contributed by atoms with van der Waals surface area (Å²) in [5.74, 6) is -0.750. The van der Waals surface area contributed by atoms with Crippen LogP contribution in [0.15, 0.2) is 45.5 Å². The molecule has 0 fully saturated rings. The van der Waals surface area contributed by atoms with E-state index in [0.29, 0.717) is 16.0 Å². The summed E-state index contributed by atoms with van der Waals surface area (Å²) in [4.78, 5) is 23.3. The van der Waals surface area contributed by atoms with Gasteiger partial charge in [-0.2, -0.15) is 0 Å². The van der Waals surface area contributed by atoms with E-state index in [2.05, 4.69) is 37.2 Å². The zero-order chi connectivity index (χ0) is 20.9. The quantitative estimate of drug-likeness (QED) is 0.261. The second-order valence-electron chi connectivity index (χ2n) is 5.41. The van der Waals surface area contributed by atoms with Crippen molar-refractivity contribution in [2.75, 3.05) is 10.6 Å². The third-order valence-corrected chi connectivity index (χ3v) is 4.44. The molecule has 1 atom stereocenters. The van der Waals surface area contributed by atoms with E-state index in [1.54, 1.807) is 30.3 Å². The minimum absolute atomic E-state index is 0.0281. The Morgan fingerprint density at radius 3 is 2.07 bits per heavy atom. The van der Waals surface area contributed by atoms with Crippen LogP contribution in [0, 0.1) is 0 Å². The number of amides is 2. The van der Waals surface area contributed by atoms with Crippen LogP contribution < -0.4 is 21.3 Å². The Hall–Kier alpha value is -1.52. The van der Waals surface area contributed by atoms with Crippen molar-refractivity contribution in [1.29, 1.82) is 0 Å². The number of halogens is 4. The van der Waals surface area contributed by atoms with E-state index in [9.17, 15) is 9.59 Å². The molecule has 1 heterocycles. The molecule has 0 saturated heterocycles. The van der Waals surface area contributed by atoms with Gasteiger partial charge in [-0.15, -0.1) is 0 Å². The minimum atomic E-state index is -1.90. The molecule has 2 rings (SSSR count). The van der Waals surface area contributed by atoms with E-state index in [-0.39, 0.29) is 16.8 Å². The first-order valence-electron chi connectivity index (χ1n) is 7.62. The van der Waals surface area contributed by atoms with E-state index in [1.807, 2.05) is 0 Å². The monoisotopic (exact) mass is 526 g/mol. The predicted octanol–water partition coefficient (Wildman–Crippen LogP) is 4.41. The fourth-order valence-corrected chi connectivity index (χ4v) is 2.85. The molecule has 0 unspecified atom stereocenters. The number of nitrogens with one attached hydrogen (secondary N) is 4. The molecule has 0 aliphatic rings. The van der Waals surface area contributed by atoms with Crippen molar-refractivity contribution in [2.45, 2.75) is 16.9 Å². The van der Waals surface area contributed by atoms with E-state index in [4.69, 9.17) is 51.4 Å². The Kier molecular flexibility index (Phi) is 7.97. The maximum absolute atomic E-state index is 12.2. The fraction of sp³-hybridized carbons (Fsp3) is 0.188. The average molecular weight is 529 g/mol. The third-order valence-electron chi connectivity index (χ3n) is 3.14. The van der Waals surface area contributed by atoms with Crippen molar-refractivity contribution in [3.8, 4) is 0 Å². The molecule has 0 aliphatic heterocycles. The first-order valence-corrected chi connectivity index (χ1v) is 9.96. The minimum Gasteiger partial charge on any atom is -0.444 e. The molecule has 2 aromatic rings. The number of carbonyl (C=O) groups is 2. The number of rotatable bonds is 5. The molecule has 0 radical (unpaired) electrons. The van der Waals surface area contributed by atoms with Gasteiger partial charge in [-0.3, -0.25) is 9.59 Å². The van der Waals surface area contributed by atoms with Gasteiger partial charge in [0.15, 0.2) is 15.5 Å². The van der Waals surface area contributed by atoms with Gasteiger partial charge < -0.3 is 25.7 Å². The lowest BCUT2D eigenvalue weighted by Crippen LogP contribution is -2.56. The lowest BCUT2D eigenvalue weighted by molar-refractivity contribution is -0.114. The maximum atomic E-state index is 12.2. The maximum Gasteiger partial charge on any atom is 0.288 e.